The van der Waals surface area contributed by atoms with E-state index in [2.05, 4.69) is 5.32 Å². The molecule has 0 unspecified atom stereocenters. The molecule has 1 rings (SSSR count). The summed E-state index contributed by atoms with van der Waals surface area (Å²) in [6, 6.07) is 4.43. The lowest BCUT2D eigenvalue weighted by Gasteiger charge is -2.15. The minimum atomic E-state index is -0.304. The molecular formula is C14H20FNO2. The van der Waals surface area contributed by atoms with Gasteiger partial charge in [0.2, 0.25) is 0 Å². The van der Waals surface area contributed by atoms with Gasteiger partial charge in [0.15, 0.2) is 6.61 Å². The van der Waals surface area contributed by atoms with Gasteiger partial charge in [0.25, 0.3) is 5.91 Å². The molecule has 1 aromatic rings. The highest BCUT2D eigenvalue weighted by molar-refractivity contribution is 5.77. The van der Waals surface area contributed by atoms with Crippen LogP contribution in [0.2, 0.25) is 0 Å². The van der Waals surface area contributed by atoms with Gasteiger partial charge in [-0.3, -0.25) is 4.79 Å². The van der Waals surface area contributed by atoms with Crippen LogP contribution in [0.4, 0.5) is 4.39 Å². The van der Waals surface area contributed by atoms with Crippen molar-refractivity contribution in [3.63, 3.8) is 0 Å². The molecule has 100 valence electrons. The van der Waals surface area contributed by atoms with Crippen LogP contribution in [0.15, 0.2) is 18.2 Å². The molecule has 0 radical (unpaired) electrons. The van der Waals surface area contributed by atoms with Crippen LogP contribution in [-0.2, 0) is 4.79 Å². The number of halogens is 1. The lowest BCUT2D eigenvalue weighted by Crippen LogP contribution is -2.37. The van der Waals surface area contributed by atoms with Gasteiger partial charge in [-0.1, -0.05) is 13.8 Å². The second-order valence-electron chi connectivity index (χ2n) is 4.28. The van der Waals surface area contributed by atoms with E-state index in [-0.39, 0.29) is 24.4 Å². The van der Waals surface area contributed by atoms with Crippen molar-refractivity contribution in [2.45, 2.75) is 39.7 Å². The van der Waals surface area contributed by atoms with Gasteiger partial charge in [0, 0.05) is 6.04 Å². The number of carbonyl (C=O) groups excluding carboxylic acids is 1. The van der Waals surface area contributed by atoms with Crippen LogP contribution in [0.5, 0.6) is 5.75 Å². The van der Waals surface area contributed by atoms with E-state index >= 15 is 0 Å². The first-order valence-electron chi connectivity index (χ1n) is 6.25. The predicted octanol–water partition coefficient (Wildman–Crippen LogP) is 2.82. The summed E-state index contributed by atoms with van der Waals surface area (Å²) < 4.78 is 18.2. The third kappa shape index (κ3) is 4.35. The molecule has 0 bridgehead atoms. The van der Waals surface area contributed by atoms with Crippen LogP contribution in [0.1, 0.15) is 32.3 Å². The number of benzene rings is 1. The Labute approximate surface area is 107 Å². The zero-order chi connectivity index (χ0) is 13.5. The molecule has 0 fully saturated rings. The highest BCUT2D eigenvalue weighted by atomic mass is 19.1. The molecule has 0 spiro atoms. The van der Waals surface area contributed by atoms with Gasteiger partial charge in [-0.15, -0.1) is 0 Å². The van der Waals surface area contributed by atoms with Crippen molar-refractivity contribution in [2.75, 3.05) is 6.61 Å². The Bertz CT molecular complexity index is 403. The Kier molecular flexibility index (Phi) is 5.62. The Morgan fingerprint density at radius 1 is 1.39 bits per heavy atom. The van der Waals surface area contributed by atoms with E-state index in [9.17, 15) is 9.18 Å². The summed E-state index contributed by atoms with van der Waals surface area (Å²) in [5, 5.41) is 2.88. The largest absolute Gasteiger partial charge is 0.484 e. The van der Waals surface area contributed by atoms with Gasteiger partial charge >= 0.3 is 0 Å². The highest BCUT2D eigenvalue weighted by Gasteiger charge is 2.09. The van der Waals surface area contributed by atoms with Crippen molar-refractivity contribution >= 4 is 5.91 Å². The lowest BCUT2D eigenvalue weighted by atomic mass is 10.2. The molecule has 1 amide bonds. The maximum absolute atomic E-state index is 12.9. The first-order valence-corrected chi connectivity index (χ1v) is 6.25. The summed E-state index contributed by atoms with van der Waals surface area (Å²) in [5.74, 6) is 0.0878. The second-order valence-corrected chi connectivity index (χ2v) is 4.28. The van der Waals surface area contributed by atoms with Crippen LogP contribution < -0.4 is 10.1 Å². The number of hydrogen-bond donors (Lipinski definition) is 1. The van der Waals surface area contributed by atoms with E-state index in [0.29, 0.717) is 11.3 Å². The normalized spacial score (nSPS) is 10.5. The summed E-state index contributed by atoms with van der Waals surface area (Å²) in [6.45, 7) is 5.76. The van der Waals surface area contributed by atoms with E-state index in [1.165, 1.54) is 18.2 Å². The Balaban J connectivity index is 2.47. The maximum atomic E-state index is 12.9. The van der Waals surface area contributed by atoms with E-state index in [1.807, 2.05) is 13.8 Å². The Morgan fingerprint density at radius 3 is 2.61 bits per heavy atom. The van der Waals surface area contributed by atoms with E-state index < -0.39 is 0 Å². The van der Waals surface area contributed by atoms with E-state index in [1.54, 1.807) is 6.92 Å². The fraction of sp³-hybridized carbons (Fsp3) is 0.500. The van der Waals surface area contributed by atoms with Crippen LogP contribution in [0.3, 0.4) is 0 Å². The first-order chi connectivity index (χ1) is 8.56. The van der Waals surface area contributed by atoms with Crippen LogP contribution in [-0.4, -0.2) is 18.6 Å². The quantitative estimate of drug-likeness (QED) is 0.846. The minimum absolute atomic E-state index is 0.0387. The van der Waals surface area contributed by atoms with Crippen LogP contribution >= 0.6 is 0 Å². The standard InChI is InChI=1S/C14H20FNO2/c1-4-12(5-2)16-14(17)9-18-13-7-6-11(15)8-10(13)3/h6-8,12H,4-5,9H2,1-3H3,(H,16,17). The second kappa shape index (κ2) is 6.99. The predicted molar refractivity (Wildman–Crippen MR) is 69.1 cm³/mol. The maximum Gasteiger partial charge on any atom is 0.258 e. The highest BCUT2D eigenvalue weighted by Crippen LogP contribution is 2.18. The fourth-order valence-electron chi connectivity index (χ4n) is 1.68. The van der Waals surface area contributed by atoms with Crippen LogP contribution in [0.25, 0.3) is 0 Å². The summed E-state index contributed by atoms with van der Waals surface area (Å²) >= 11 is 0. The average molecular weight is 253 g/mol. The molecule has 4 heteroatoms. The molecule has 0 atom stereocenters. The molecule has 1 N–H and O–H groups in total. The lowest BCUT2D eigenvalue weighted by molar-refractivity contribution is -0.123. The number of carbonyl (C=O) groups is 1. The monoisotopic (exact) mass is 253 g/mol. The Morgan fingerprint density at radius 2 is 2.06 bits per heavy atom. The molecule has 18 heavy (non-hydrogen) atoms. The van der Waals surface area contributed by atoms with Crippen molar-refractivity contribution in [2.24, 2.45) is 0 Å². The van der Waals surface area contributed by atoms with Gasteiger partial charge in [0.1, 0.15) is 11.6 Å². The number of hydrogen-bond acceptors (Lipinski definition) is 2. The van der Waals surface area contributed by atoms with E-state index in [0.717, 1.165) is 12.8 Å². The minimum Gasteiger partial charge on any atom is -0.484 e. The summed E-state index contributed by atoms with van der Waals surface area (Å²) in [5.41, 5.74) is 0.685. The SMILES string of the molecule is CCC(CC)NC(=O)COc1ccc(F)cc1C. The molecule has 1 aromatic carbocycles. The molecule has 0 aliphatic heterocycles. The number of amides is 1. The van der Waals surface area contributed by atoms with Gasteiger partial charge in [-0.05, 0) is 43.5 Å². The smallest absolute Gasteiger partial charge is 0.258 e. The third-order valence-corrected chi connectivity index (χ3v) is 2.85. The molecule has 0 aliphatic rings. The zero-order valence-electron chi connectivity index (χ0n) is 11.1. The van der Waals surface area contributed by atoms with Crippen molar-refractivity contribution in [1.29, 1.82) is 0 Å². The van der Waals surface area contributed by atoms with Crippen molar-refractivity contribution in [1.82, 2.24) is 5.32 Å². The molecular weight excluding hydrogens is 233 g/mol. The third-order valence-electron chi connectivity index (χ3n) is 2.85. The zero-order valence-corrected chi connectivity index (χ0v) is 11.1. The number of ether oxygens (including phenoxy) is 1. The molecule has 0 saturated carbocycles. The molecule has 0 aromatic heterocycles. The fourth-order valence-corrected chi connectivity index (χ4v) is 1.68. The summed E-state index contributed by atoms with van der Waals surface area (Å²) in [7, 11) is 0. The van der Waals surface area contributed by atoms with Gasteiger partial charge < -0.3 is 10.1 Å². The van der Waals surface area contributed by atoms with Gasteiger partial charge in [0.05, 0.1) is 0 Å². The summed E-state index contributed by atoms with van der Waals surface area (Å²) in [6.07, 6.45) is 1.80. The van der Waals surface area contributed by atoms with Crippen molar-refractivity contribution in [3.8, 4) is 5.75 Å². The molecule has 3 nitrogen and oxygen atoms in total. The van der Waals surface area contributed by atoms with Crippen LogP contribution in [0, 0.1) is 12.7 Å². The van der Waals surface area contributed by atoms with Crippen molar-refractivity contribution in [3.05, 3.63) is 29.6 Å². The van der Waals surface area contributed by atoms with E-state index in [4.69, 9.17) is 4.74 Å². The number of aryl methyl sites for hydroxylation is 1. The average Bonchev–Trinajstić information content (AvgIpc) is 2.35. The van der Waals surface area contributed by atoms with Gasteiger partial charge in [-0.25, -0.2) is 4.39 Å². The molecule has 0 aliphatic carbocycles. The number of rotatable bonds is 6. The number of nitrogens with one attached hydrogen (secondary N) is 1. The van der Waals surface area contributed by atoms with Crippen molar-refractivity contribution < 1.29 is 13.9 Å². The molecule has 0 heterocycles. The first kappa shape index (κ1) is 14.5. The summed E-state index contributed by atoms with van der Waals surface area (Å²) in [4.78, 5) is 11.6. The molecule has 0 saturated heterocycles. The Hall–Kier alpha value is -1.58. The van der Waals surface area contributed by atoms with Gasteiger partial charge in [-0.2, -0.15) is 0 Å². The topological polar surface area (TPSA) is 38.3 Å².